The topological polar surface area (TPSA) is 26.2 Å². The molecule has 3 heteroatoms. The van der Waals surface area contributed by atoms with E-state index < -0.39 is 0 Å². The van der Waals surface area contributed by atoms with Crippen molar-refractivity contribution in [3.63, 3.8) is 0 Å². The molecule has 0 amide bonds. The molecular formula is C17H24N2O. The molecule has 0 unspecified atom stereocenters. The highest BCUT2D eigenvalue weighted by molar-refractivity contribution is 5.29. The molecule has 20 heavy (non-hydrogen) atoms. The first-order chi connectivity index (χ1) is 9.67. The molecule has 2 rings (SSSR count). The summed E-state index contributed by atoms with van der Waals surface area (Å²) in [6, 6.07) is 8.89. The third-order valence-corrected chi connectivity index (χ3v) is 3.27. The monoisotopic (exact) mass is 272 g/mol. The molecule has 0 aliphatic heterocycles. The average Bonchev–Trinajstić information content (AvgIpc) is 2.81. The summed E-state index contributed by atoms with van der Waals surface area (Å²) in [6.07, 6.45) is 4.35. The molecule has 3 nitrogen and oxygen atoms in total. The largest absolute Gasteiger partial charge is 0.383 e. The fourth-order valence-electron chi connectivity index (χ4n) is 2.47. The van der Waals surface area contributed by atoms with Gasteiger partial charge in [0, 0.05) is 39.1 Å². The summed E-state index contributed by atoms with van der Waals surface area (Å²) in [5.41, 5.74) is 5.32. The second-order valence-corrected chi connectivity index (χ2v) is 5.36. The van der Waals surface area contributed by atoms with Crippen molar-refractivity contribution >= 4 is 0 Å². The maximum Gasteiger partial charge on any atom is 0.0587 e. The molecule has 0 saturated carbocycles. The van der Waals surface area contributed by atoms with Crippen molar-refractivity contribution in [2.45, 2.75) is 26.9 Å². The molecule has 0 atom stereocenters. The Morgan fingerprint density at radius 3 is 2.55 bits per heavy atom. The number of nitrogens with zero attached hydrogens (tertiary/aromatic N) is 1. The molecule has 2 aromatic rings. The fraction of sp³-hybridized carbons (Fsp3) is 0.412. The minimum absolute atomic E-state index is 0.753. The predicted octanol–water partition coefficient (Wildman–Crippen LogP) is 2.89. The molecule has 0 saturated heterocycles. The van der Waals surface area contributed by atoms with Crippen LogP contribution in [0.15, 0.2) is 36.7 Å². The summed E-state index contributed by atoms with van der Waals surface area (Å²) in [4.78, 5) is 0. The van der Waals surface area contributed by atoms with Crippen molar-refractivity contribution in [1.29, 1.82) is 0 Å². The van der Waals surface area contributed by atoms with E-state index in [1.807, 2.05) is 0 Å². The Kier molecular flexibility index (Phi) is 5.39. The standard InChI is InChI=1S/C17H24N2O/c1-14-8-15(2)10-17(9-14)13-19-6-4-16(12-19)11-18-5-7-20-3/h4,6,8-10,12,18H,5,7,11,13H2,1-3H3. The van der Waals surface area contributed by atoms with Crippen LogP contribution in [0.3, 0.4) is 0 Å². The Bertz CT molecular complexity index is 525. The van der Waals surface area contributed by atoms with E-state index >= 15 is 0 Å². The molecule has 0 fully saturated rings. The van der Waals surface area contributed by atoms with Crippen LogP contribution in [0.5, 0.6) is 0 Å². The number of ether oxygens (including phenoxy) is 1. The van der Waals surface area contributed by atoms with E-state index in [-0.39, 0.29) is 0 Å². The van der Waals surface area contributed by atoms with Crippen molar-refractivity contribution in [3.8, 4) is 0 Å². The first-order valence-corrected chi connectivity index (χ1v) is 7.09. The SMILES string of the molecule is COCCNCc1ccn(Cc2cc(C)cc(C)c2)c1. The minimum Gasteiger partial charge on any atom is -0.383 e. The summed E-state index contributed by atoms with van der Waals surface area (Å²) in [5, 5.41) is 3.36. The van der Waals surface area contributed by atoms with E-state index in [0.717, 1.165) is 26.2 Å². The Hall–Kier alpha value is -1.58. The van der Waals surface area contributed by atoms with Gasteiger partial charge >= 0.3 is 0 Å². The summed E-state index contributed by atoms with van der Waals surface area (Å²) in [5.74, 6) is 0. The van der Waals surface area contributed by atoms with Gasteiger partial charge in [-0.1, -0.05) is 29.3 Å². The number of methoxy groups -OCH3 is 1. The van der Waals surface area contributed by atoms with Crippen LogP contribution in [0.4, 0.5) is 0 Å². The lowest BCUT2D eigenvalue weighted by atomic mass is 10.1. The van der Waals surface area contributed by atoms with Gasteiger partial charge in [-0.25, -0.2) is 0 Å². The van der Waals surface area contributed by atoms with Gasteiger partial charge in [-0.2, -0.15) is 0 Å². The third kappa shape index (κ3) is 4.51. The van der Waals surface area contributed by atoms with Crippen LogP contribution in [0, 0.1) is 13.8 Å². The first-order valence-electron chi connectivity index (χ1n) is 7.09. The molecular weight excluding hydrogens is 248 g/mol. The highest BCUT2D eigenvalue weighted by Gasteiger charge is 2.00. The van der Waals surface area contributed by atoms with Gasteiger partial charge in [0.1, 0.15) is 0 Å². The number of hydrogen-bond acceptors (Lipinski definition) is 2. The molecule has 0 aliphatic rings. The normalized spacial score (nSPS) is 10.9. The first kappa shape index (κ1) is 14.8. The van der Waals surface area contributed by atoms with E-state index in [1.165, 1.54) is 22.3 Å². The quantitative estimate of drug-likeness (QED) is 0.784. The smallest absolute Gasteiger partial charge is 0.0587 e. The van der Waals surface area contributed by atoms with Gasteiger partial charge in [0.05, 0.1) is 6.61 Å². The van der Waals surface area contributed by atoms with Crippen molar-refractivity contribution in [2.75, 3.05) is 20.3 Å². The number of hydrogen-bond donors (Lipinski definition) is 1. The van der Waals surface area contributed by atoms with E-state index in [1.54, 1.807) is 7.11 Å². The molecule has 0 bridgehead atoms. The van der Waals surface area contributed by atoms with E-state index in [4.69, 9.17) is 4.74 Å². The highest BCUT2D eigenvalue weighted by Crippen LogP contribution is 2.11. The predicted molar refractivity (Wildman–Crippen MR) is 83.0 cm³/mol. The van der Waals surface area contributed by atoms with E-state index in [9.17, 15) is 0 Å². The second kappa shape index (κ2) is 7.27. The Morgan fingerprint density at radius 2 is 1.85 bits per heavy atom. The number of benzene rings is 1. The summed E-state index contributed by atoms with van der Waals surface area (Å²) < 4.78 is 7.26. The van der Waals surface area contributed by atoms with Crippen LogP contribution in [0.2, 0.25) is 0 Å². The zero-order chi connectivity index (χ0) is 14.4. The Balaban J connectivity index is 1.92. The summed E-state index contributed by atoms with van der Waals surface area (Å²) in [7, 11) is 1.72. The van der Waals surface area contributed by atoms with Gasteiger partial charge in [-0.05, 0) is 31.0 Å². The van der Waals surface area contributed by atoms with E-state index in [2.05, 4.69) is 60.4 Å². The molecule has 0 aliphatic carbocycles. The van der Waals surface area contributed by atoms with Crippen molar-refractivity contribution in [2.24, 2.45) is 0 Å². The van der Waals surface area contributed by atoms with Crippen LogP contribution >= 0.6 is 0 Å². The van der Waals surface area contributed by atoms with Gasteiger partial charge in [0.15, 0.2) is 0 Å². The van der Waals surface area contributed by atoms with Crippen molar-refractivity contribution in [3.05, 3.63) is 58.9 Å². The summed E-state index contributed by atoms with van der Waals surface area (Å²) in [6.45, 7) is 7.76. The zero-order valence-corrected chi connectivity index (χ0v) is 12.6. The van der Waals surface area contributed by atoms with Crippen LogP contribution in [-0.4, -0.2) is 24.8 Å². The van der Waals surface area contributed by atoms with Gasteiger partial charge in [0.25, 0.3) is 0 Å². The van der Waals surface area contributed by atoms with Gasteiger partial charge in [-0.3, -0.25) is 0 Å². The molecule has 1 aromatic carbocycles. The average molecular weight is 272 g/mol. The molecule has 0 spiro atoms. The second-order valence-electron chi connectivity index (χ2n) is 5.36. The lowest BCUT2D eigenvalue weighted by Gasteiger charge is -2.06. The van der Waals surface area contributed by atoms with Crippen LogP contribution in [-0.2, 0) is 17.8 Å². The van der Waals surface area contributed by atoms with Crippen LogP contribution in [0.25, 0.3) is 0 Å². The third-order valence-electron chi connectivity index (χ3n) is 3.27. The molecule has 0 radical (unpaired) electrons. The number of rotatable bonds is 7. The van der Waals surface area contributed by atoms with E-state index in [0.29, 0.717) is 0 Å². The van der Waals surface area contributed by atoms with Crippen LogP contribution < -0.4 is 5.32 Å². The molecule has 1 heterocycles. The summed E-state index contributed by atoms with van der Waals surface area (Å²) >= 11 is 0. The molecule has 1 N–H and O–H groups in total. The lowest BCUT2D eigenvalue weighted by molar-refractivity contribution is 0.199. The molecule has 108 valence electrons. The highest BCUT2D eigenvalue weighted by atomic mass is 16.5. The van der Waals surface area contributed by atoms with Crippen LogP contribution in [0.1, 0.15) is 22.3 Å². The fourth-order valence-corrected chi connectivity index (χ4v) is 2.47. The lowest BCUT2D eigenvalue weighted by Crippen LogP contribution is -2.18. The number of nitrogens with one attached hydrogen (secondary N) is 1. The number of aryl methyl sites for hydroxylation is 2. The maximum atomic E-state index is 5.02. The zero-order valence-electron chi connectivity index (χ0n) is 12.6. The molecule has 1 aromatic heterocycles. The maximum absolute atomic E-state index is 5.02. The Labute approximate surface area is 121 Å². The van der Waals surface area contributed by atoms with Gasteiger partial charge in [-0.15, -0.1) is 0 Å². The minimum atomic E-state index is 0.753. The Morgan fingerprint density at radius 1 is 1.10 bits per heavy atom. The number of aromatic nitrogens is 1. The van der Waals surface area contributed by atoms with Gasteiger partial charge < -0.3 is 14.6 Å². The van der Waals surface area contributed by atoms with Crippen molar-refractivity contribution in [1.82, 2.24) is 9.88 Å². The van der Waals surface area contributed by atoms with Gasteiger partial charge in [0.2, 0.25) is 0 Å². The van der Waals surface area contributed by atoms with Crippen molar-refractivity contribution < 1.29 is 4.74 Å².